The van der Waals surface area contributed by atoms with E-state index in [1.165, 1.54) is 18.4 Å². The summed E-state index contributed by atoms with van der Waals surface area (Å²) in [6.07, 6.45) is -5.27. The second-order valence-corrected chi connectivity index (χ2v) is 5.82. The molecule has 0 spiro atoms. The van der Waals surface area contributed by atoms with E-state index in [4.69, 9.17) is 0 Å². The number of amides is 1. The molecule has 1 aromatic carbocycles. The van der Waals surface area contributed by atoms with Crippen molar-refractivity contribution in [2.75, 3.05) is 13.6 Å². The quantitative estimate of drug-likeness (QED) is 0.845. The van der Waals surface area contributed by atoms with Gasteiger partial charge in [0.1, 0.15) is 5.01 Å². The molecule has 1 aromatic heterocycles. The van der Waals surface area contributed by atoms with Gasteiger partial charge < -0.3 is 4.90 Å². The Hall–Kier alpha value is -1.89. The Bertz CT molecular complexity index is 650. The van der Waals surface area contributed by atoms with Gasteiger partial charge in [-0.25, -0.2) is 4.98 Å². The van der Waals surface area contributed by atoms with Crippen molar-refractivity contribution in [3.8, 4) is 10.6 Å². The molecule has 0 saturated heterocycles. The first-order valence-corrected chi connectivity index (χ1v) is 7.49. The third kappa shape index (κ3) is 4.30. The molecule has 0 N–H and O–H groups in total. The Balaban J connectivity index is 2.05. The Morgan fingerprint density at radius 3 is 2.41 bits per heavy atom. The predicted octanol–water partition coefficient (Wildman–Crippen LogP) is 4.14. The highest BCUT2D eigenvalue weighted by Crippen LogP contribution is 2.24. The molecule has 0 bridgehead atoms. The standard InChI is InChI=1S/C15H15F3N2OS/c1-10-9-22-13(19-10)11-3-5-12(6-4-11)14(21)20(2)8-7-15(16,17)18/h3-6,9H,7-8H2,1-2H3. The smallest absolute Gasteiger partial charge is 0.341 e. The van der Waals surface area contributed by atoms with Crippen molar-refractivity contribution in [2.24, 2.45) is 0 Å². The lowest BCUT2D eigenvalue weighted by atomic mass is 10.1. The third-order valence-corrected chi connectivity index (χ3v) is 4.08. The second-order valence-electron chi connectivity index (χ2n) is 4.96. The fraction of sp³-hybridized carbons (Fsp3) is 0.333. The molecule has 1 heterocycles. The highest BCUT2D eigenvalue weighted by molar-refractivity contribution is 7.13. The van der Waals surface area contributed by atoms with Crippen LogP contribution in [0.25, 0.3) is 10.6 Å². The van der Waals surface area contributed by atoms with E-state index in [0.29, 0.717) is 5.56 Å². The first-order valence-electron chi connectivity index (χ1n) is 6.61. The van der Waals surface area contributed by atoms with E-state index in [-0.39, 0.29) is 6.54 Å². The second kappa shape index (κ2) is 6.48. The van der Waals surface area contributed by atoms with Crippen molar-refractivity contribution in [2.45, 2.75) is 19.5 Å². The number of benzene rings is 1. The minimum atomic E-state index is -4.26. The number of aryl methyl sites for hydroxylation is 1. The minimum absolute atomic E-state index is 0.351. The number of halogens is 3. The van der Waals surface area contributed by atoms with Crippen LogP contribution < -0.4 is 0 Å². The maximum Gasteiger partial charge on any atom is 0.390 e. The molecule has 0 atom stereocenters. The average Bonchev–Trinajstić information content (AvgIpc) is 2.90. The molecular weight excluding hydrogens is 313 g/mol. The van der Waals surface area contributed by atoms with Crippen molar-refractivity contribution in [1.29, 1.82) is 0 Å². The number of hydrogen-bond donors (Lipinski definition) is 0. The Labute approximate surface area is 130 Å². The molecular formula is C15H15F3N2OS. The first kappa shape index (κ1) is 16.5. The van der Waals surface area contributed by atoms with Crippen LogP contribution in [0.3, 0.4) is 0 Å². The SMILES string of the molecule is Cc1csc(-c2ccc(C(=O)N(C)CCC(F)(F)F)cc2)n1. The maximum atomic E-state index is 12.2. The van der Waals surface area contributed by atoms with E-state index in [0.717, 1.165) is 21.2 Å². The van der Waals surface area contributed by atoms with Gasteiger partial charge in [-0.1, -0.05) is 12.1 Å². The van der Waals surface area contributed by atoms with Gasteiger partial charge in [0.15, 0.2) is 0 Å². The Morgan fingerprint density at radius 1 is 1.27 bits per heavy atom. The lowest BCUT2D eigenvalue weighted by Gasteiger charge is -2.18. The summed E-state index contributed by atoms with van der Waals surface area (Å²) in [5, 5.41) is 2.78. The van der Waals surface area contributed by atoms with Gasteiger partial charge in [0.2, 0.25) is 0 Å². The van der Waals surface area contributed by atoms with Gasteiger partial charge in [-0.05, 0) is 19.1 Å². The summed E-state index contributed by atoms with van der Waals surface area (Å²) in [5.41, 5.74) is 2.17. The topological polar surface area (TPSA) is 33.2 Å². The molecule has 0 unspecified atom stereocenters. The zero-order valence-electron chi connectivity index (χ0n) is 12.1. The van der Waals surface area contributed by atoms with E-state index in [1.807, 2.05) is 12.3 Å². The van der Waals surface area contributed by atoms with Crippen LogP contribution >= 0.6 is 11.3 Å². The van der Waals surface area contributed by atoms with Crippen LogP contribution in [0.5, 0.6) is 0 Å². The van der Waals surface area contributed by atoms with Crippen LogP contribution in [0.4, 0.5) is 13.2 Å². The van der Waals surface area contributed by atoms with Gasteiger partial charge in [-0.3, -0.25) is 4.79 Å². The predicted molar refractivity (Wildman–Crippen MR) is 79.9 cm³/mol. The van der Waals surface area contributed by atoms with E-state index in [9.17, 15) is 18.0 Å². The fourth-order valence-corrected chi connectivity index (χ4v) is 2.66. The Kier molecular flexibility index (Phi) is 4.85. The normalized spacial score (nSPS) is 11.5. The van der Waals surface area contributed by atoms with Gasteiger partial charge >= 0.3 is 6.18 Å². The largest absolute Gasteiger partial charge is 0.390 e. The number of alkyl halides is 3. The molecule has 118 valence electrons. The highest BCUT2D eigenvalue weighted by Gasteiger charge is 2.28. The number of carbonyl (C=O) groups excluding carboxylic acids is 1. The number of aromatic nitrogens is 1. The minimum Gasteiger partial charge on any atom is -0.341 e. The van der Waals surface area contributed by atoms with Gasteiger partial charge in [0.25, 0.3) is 5.91 Å². The van der Waals surface area contributed by atoms with E-state index in [1.54, 1.807) is 24.3 Å². The molecule has 0 aliphatic carbocycles. The van der Waals surface area contributed by atoms with Crippen LogP contribution in [0, 0.1) is 6.92 Å². The lowest BCUT2D eigenvalue weighted by Crippen LogP contribution is -2.30. The zero-order valence-corrected chi connectivity index (χ0v) is 13.0. The van der Waals surface area contributed by atoms with Crippen molar-refractivity contribution < 1.29 is 18.0 Å². The number of carbonyl (C=O) groups is 1. The Morgan fingerprint density at radius 2 is 1.91 bits per heavy atom. The lowest BCUT2D eigenvalue weighted by molar-refractivity contribution is -0.136. The molecule has 0 radical (unpaired) electrons. The summed E-state index contributed by atoms with van der Waals surface area (Å²) in [6.45, 7) is 1.54. The number of nitrogens with zero attached hydrogens (tertiary/aromatic N) is 2. The number of rotatable bonds is 4. The van der Waals surface area contributed by atoms with E-state index in [2.05, 4.69) is 4.98 Å². The van der Waals surface area contributed by atoms with Crippen LogP contribution in [0.1, 0.15) is 22.5 Å². The van der Waals surface area contributed by atoms with Crippen molar-refractivity contribution in [3.05, 3.63) is 40.9 Å². The molecule has 0 saturated carbocycles. The molecule has 1 amide bonds. The average molecular weight is 328 g/mol. The third-order valence-electron chi connectivity index (χ3n) is 3.08. The van der Waals surface area contributed by atoms with Gasteiger partial charge in [-0.15, -0.1) is 11.3 Å². The molecule has 22 heavy (non-hydrogen) atoms. The molecule has 2 rings (SSSR count). The summed E-state index contributed by atoms with van der Waals surface area (Å²) in [7, 11) is 1.37. The van der Waals surface area contributed by atoms with Crippen molar-refractivity contribution >= 4 is 17.2 Å². The first-order chi connectivity index (χ1) is 10.3. The van der Waals surface area contributed by atoms with Crippen LogP contribution in [0.2, 0.25) is 0 Å². The summed E-state index contributed by atoms with van der Waals surface area (Å²) in [5.74, 6) is -0.425. The molecule has 0 fully saturated rings. The van der Waals surface area contributed by atoms with Crippen LogP contribution in [0.15, 0.2) is 29.6 Å². The number of hydrogen-bond acceptors (Lipinski definition) is 3. The van der Waals surface area contributed by atoms with Crippen LogP contribution in [-0.4, -0.2) is 35.6 Å². The molecule has 7 heteroatoms. The zero-order chi connectivity index (χ0) is 16.3. The molecule has 2 aromatic rings. The summed E-state index contributed by atoms with van der Waals surface area (Å²) >= 11 is 1.50. The molecule has 0 aliphatic rings. The summed E-state index contributed by atoms with van der Waals surface area (Å²) in [4.78, 5) is 17.5. The van der Waals surface area contributed by atoms with Crippen molar-refractivity contribution in [3.63, 3.8) is 0 Å². The van der Waals surface area contributed by atoms with E-state index >= 15 is 0 Å². The molecule has 0 aliphatic heterocycles. The highest BCUT2D eigenvalue weighted by atomic mass is 32.1. The van der Waals surface area contributed by atoms with Crippen molar-refractivity contribution in [1.82, 2.24) is 9.88 Å². The van der Waals surface area contributed by atoms with E-state index < -0.39 is 18.5 Å². The summed E-state index contributed by atoms with van der Waals surface area (Å²) in [6, 6.07) is 6.73. The van der Waals surface area contributed by atoms with Gasteiger partial charge in [-0.2, -0.15) is 13.2 Å². The maximum absolute atomic E-state index is 12.2. The fourth-order valence-electron chi connectivity index (χ4n) is 1.86. The van der Waals surface area contributed by atoms with Gasteiger partial charge in [0, 0.05) is 35.8 Å². The van der Waals surface area contributed by atoms with Crippen LogP contribution in [-0.2, 0) is 0 Å². The monoisotopic (exact) mass is 328 g/mol. The summed E-state index contributed by atoms with van der Waals surface area (Å²) < 4.78 is 36.5. The number of thiazole rings is 1. The van der Waals surface area contributed by atoms with Gasteiger partial charge in [0.05, 0.1) is 6.42 Å². The molecule has 3 nitrogen and oxygen atoms in total.